The van der Waals surface area contributed by atoms with Gasteiger partial charge in [0.1, 0.15) is 22.2 Å². The molecule has 17 heteroatoms. The third-order valence-corrected chi connectivity index (χ3v) is 9.71. The van der Waals surface area contributed by atoms with Gasteiger partial charge in [0.25, 0.3) is 20.0 Å². The maximum atomic E-state index is 12.8. The summed E-state index contributed by atoms with van der Waals surface area (Å²) in [6.07, 6.45) is -5.07. The maximum absolute atomic E-state index is 12.8. The minimum absolute atomic E-state index is 0.151. The van der Waals surface area contributed by atoms with Crippen LogP contribution in [0.25, 0.3) is 22.3 Å². The fraction of sp³-hybridized carbons (Fsp3) is 0.143. The molecular formula is C35H31F3N4O8S2. The van der Waals surface area contributed by atoms with E-state index in [0.717, 1.165) is 29.0 Å². The monoisotopic (exact) mass is 756 g/mol. The Morgan fingerprint density at radius 3 is 1.75 bits per heavy atom. The lowest BCUT2D eigenvalue weighted by Crippen LogP contribution is -2.21. The van der Waals surface area contributed by atoms with E-state index in [2.05, 4.69) is 24.5 Å². The molecule has 0 fully saturated rings. The molecule has 52 heavy (non-hydrogen) atoms. The molecule has 272 valence electrons. The van der Waals surface area contributed by atoms with Crippen LogP contribution in [0.5, 0.6) is 11.5 Å². The van der Waals surface area contributed by atoms with Gasteiger partial charge in [-0.15, -0.1) is 13.2 Å². The molecule has 0 aliphatic rings. The first-order chi connectivity index (χ1) is 24.6. The van der Waals surface area contributed by atoms with Crippen LogP contribution in [0.3, 0.4) is 0 Å². The minimum atomic E-state index is -5.07. The zero-order valence-corrected chi connectivity index (χ0v) is 29.3. The van der Waals surface area contributed by atoms with E-state index in [1.807, 2.05) is 31.2 Å². The third-order valence-electron chi connectivity index (χ3n) is 6.94. The lowest BCUT2D eigenvalue weighted by Gasteiger charge is -2.15. The van der Waals surface area contributed by atoms with Gasteiger partial charge in [-0.25, -0.2) is 16.8 Å². The number of halogens is 3. The topological polar surface area (TPSA) is 163 Å². The molecule has 2 aromatic heterocycles. The molecule has 4 aromatic carbocycles. The molecule has 0 saturated heterocycles. The molecule has 0 saturated carbocycles. The van der Waals surface area contributed by atoms with E-state index in [0.29, 0.717) is 29.3 Å². The van der Waals surface area contributed by atoms with Crippen molar-refractivity contribution in [1.82, 2.24) is 10.3 Å². The number of benzene rings is 4. The van der Waals surface area contributed by atoms with Gasteiger partial charge < -0.3 is 18.5 Å². The smallest absolute Gasteiger partial charge is 0.494 e. The molecule has 6 rings (SSSR count). The zero-order valence-electron chi connectivity index (χ0n) is 27.7. The van der Waals surface area contributed by atoms with E-state index in [1.165, 1.54) is 25.1 Å². The van der Waals surface area contributed by atoms with Crippen molar-refractivity contribution in [2.75, 3.05) is 16.1 Å². The molecule has 0 aliphatic carbocycles. The lowest BCUT2D eigenvalue weighted by atomic mass is 10.1. The normalized spacial score (nSPS) is 11.7. The Labute approximate surface area is 297 Å². The Bertz CT molecular complexity index is 2350. The lowest BCUT2D eigenvalue weighted by molar-refractivity contribution is -0.275. The molecular weight excluding hydrogens is 726 g/mol. The van der Waals surface area contributed by atoms with Crippen LogP contribution in [-0.2, 0) is 20.0 Å². The number of anilines is 2. The van der Waals surface area contributed by atoms with Crippen LogP contribution in [0.2, 0.25) is 0 Å². The Morgan fingerprint density at radius 1 is 0.654 bits per heavy atom. The number of aromatic nitrogens is 2. The predicted molar refractivity (Wildman–Crippen MR) is 186 cm³/mol. The number of nitrogens with zero attached hydrogens (tertiary/aromatic N) is 2. The number of nitrogens with one attached hydrogen (secondary N) is 2. The molecule has 0 spiro atoms. The van der Waals surface area contributed by atoms with Crippen LogP contribution in [0.15, 0.2) is 128 Å². The predicted octanol–water partition coefficient (Wildman–Crippen LogP) is 8.20. The highest BCUT2D eigenvalue weighted by atomic mass is 32.2. The third kappa shape index (κ3) is 9.91. The molecule has 12 nitrogen and oxygen atoms in total. The second-order valence-corrected chi connectivity index (χ2v) is 14.3. The number of hydrogen-bond acceptors (Lipinski definition) is 10. The summed E-state index contributed by atoms with van der Waals surface area (Å²) >= 11 is 0. The van der Waals surface area contributed by atoms with Crippen molar-refractivity contribution >= 4 is 31.7 Å². The van der Waals surface area contributed by atoms with Crippen LogP contribution >= 0.6 is 0 Å². The van der Waals surface area contributed by atoms with Crippen molar-refractivity contribution in [3.8, 4) is 33.8 Å². The van der Waals surface area contributed by atoms with Crippen molar-refractivity contribution in [2.24, 2.45) is 0 Å². The summed E-state index contributed by atoms with van der Waals surface area (Å²) in [5, 5.41) is 7.11. The molecule has 2 N–H and O–H groups in total. The first kappa shape index (κ1) is 37.4. The second-order valence-electron chi connectivity index (χ2n) is 10.9. The van der Waals surface area contributed by atoms with Gasteiger partial charge in [0.15, 0.2) is 17.4 Å². The summed E-state index contributed by atoms with van der Waals surface area (Å²) in [6.45, 7) is 5.75. The molecule has 0 aliphatic heterocycles. The number of aryl methyl sites for hydroxylation is 2. The maximum Gasteiger partial charge on any atom is 0.573 e. The minimum Gasteiger partial charge on any atom is -0.494 e. The number of alkyl halides is 3. The largest absolute Gasteiger partial charge is 0.573 e. The summed E-state index contributed by atoms with van der Waals surface area (Å²) in [5.74, 6) is 0.793. The molecule has 6 aromatic rings. The van der Waals surface area contributed by atoms with Gasteiger partial charge in [-0.05, 0) is 79.4 Å². The average molecular weight is 757 g/mol. The van der Waals surface area contributed by atoms with Crippen molar-refractivity contribution in [3.63, 3.8) is 0 Å². The fourth-order valence-electron chi connectivity index (χ4n) is 4.72. The summed E-state index contributed by atoms with van der Waals surface area (Å²) in [4.78, 5) is -0.530. The number of sulfonamides is 2. The Balaban J connectivity index is 0.000000202. The quantitative estimate of drug-likeness (QED) is 0.132. The van der Waals surface area contributed by atoms with Crippen LogP contribution in [0, 0.1) is 13.8 Å². The van der Waals surface area contributed by atoms with E-state index < -0.39 is 37.1 Å². The average Bonchev–Trinajstić information content (AvgIpc) is 3.70. The van der Waals surface area contributed by atoms with Crippen molar-refractivity contribution in [2.45, 2.75) is 36.9 Å². The summed E-state index contributed by atoms with van der Waals surface area (Å²) in [5.41, 5.74) is 2.83. The molecule has 0 radical (unpaired) electrons. The number of hydrogen-bond donors (Lipinski definition) is 2. The summed E-state index contributed by atoms with van der Waals surface area (Å²) in [7, 11) is -8.11. The molecule has 2 heterocycles. The highest BCUT2D eigenvalue weighted by Gasteiger charge is 2.34. The summed E-state index contributed by atoms with van der Waals surface area (Å²) < 4.78 is 112. The van der Waals surface area contributed by atoms with E-state index >= 15 is 0 Å². The van der Waals surface area contributed by atoms with Crippen molar-refractivity contribution < 1.29 is 48.5 Å². The first-order valence-electron chi connectivity index (χ1n) is 15.3. The number of ether oxygens (including phenoxy) is 2. The SMILES string of the molecule is CCOc1cccc(-c2ccc(S(=O)(=O)Nc3cc(C)on3)cc2)c1.Cc1cc(NS(=O)(=O)c2ccc(-c3ccccc3)cc2OC(F)(F)F)no1. The number of rotatable bonds is 11. The molecule has 0 bridgehead atoms. The van der Waals surface area contributed by atoms with Gasteiger partial charge in [0.05, 0.1) is 11.5 Å². The van der Waals surface area contributed by atoms with Gasteiger partial charge in [0, 0.05) is 12.1 Å². The second kappa shape index (κ2) is 15.6. The summed E-state index contributed by atoms with van der Waals surface area (Å²) in [6, 6.07) is 29.1. The van der Waals surface area contributed by atoms with Gasteiger partial charge in [-0.1, -0.05) is 71.0 Å². The zero-order chi connectivity index (χ0) is 37.5. The van der Waals surface area contributed by atoms with Crippen LogP contribution in [0.1, 0.15) is 18.4 Å². The van der Waals surface area contributed by atoms with Gasteiger partial charge in [-0.2, -0.15) is 0 Å². The van der Waals surface area contributed by atoms with Crippen LogP contribution in [0.4, 0.5) is 24.8 Å². The van der Waals surface area contributed by atoms with E-state index in [9.17, 15) is 30.0 Å². The Kier molecular flexibility index (Phi) is 11.2. The van der Waals surface area contributed by atoms with Gasteiger partial charge in [0.2, 0.25) is 0 Å². The first-order valence-corrected chi connectivity index (χ1v) is 18.3. The Morgan fingerprint density at radius 2 is 1.19 bits per heavy atom. The fourth-order valence-corrected chi connectivity index (χ4v) is 6.80. The van der Waals surface area contributed by atoms with Gasteiger partial charge >= 0.3 is 6.36 Å². The van der Waals surface area contributed by atoms with E-state index in [1.54, 1.807) is 61.5 Å². The molecule has 0 unspecified atom stereocenters. The van der Waals surface area contributed by atoms with Crippen LogP contribution < -0.4 is 18.9 Å². The van der Waals surface area contributed by atoms with Crippen molar-refractivity contribution in [3.05, 3.63) is 121 Å². The highest BCUT2D eigenvalue weighted by Crippen LogP contribution is 2.35. The molecule has 0 amide bonds. The highest BCUT2D eigenvalue weighted by molar-refractivity contribution is 7.93. The molecule has 0 atom stereocenters. The van der Waals surface area contributed by atoms with Crippen LogP contribution in [-0.4, -0.2) is 40.1 Å². The standard InChI is InChI=1S/C18H18N2O4S.C17H13F3N2O4S/c1-3-23-16-6-4-5-15(12-16)14-7-9-17(10-8-14)25(21,22)20-18-11-13(2)24-19-18;1-11-9-16(21-26-11)22-27(23,24)15-8-7-13(12-5-3-2-4-6-12)10-14(15)25-17(18,19)20/h4-12H,3H2,1-2H3,(H,19,20);2-10H,1H3,(H,21,22). The Hall–Kier alpha value is -5.81. The van der Waals surface area contributed by atoms with E-state index in [-0.39, 0.29) is 16.5 Å². The van der Waals surface area contributed by atoms with Crippen molar-refractivity contribution in [1.29, 1.82) is 0 Å². The van der Waals surface area contributed by atoms with E-state index in [4.69, 9.17) is 13.8 Å². The van der Waals surface area contributed by atoms with Gasteiger partial charge in [-0.3, -0.25) is 9.44 Å².